The minimum Gasteiger partial charge on any atom is -0.497 e. The number of carboxylic acids is 1. The van der Waals surface area contributed by atoms with E-state index in [0.717, 1.165) is 6.07 Å². The molecule has 3 aromatic rings. The Balaban J connectivity index is 1.32. The molecule has 1 unspecified atom stereocenters. The Labute approximate surface area is 239 Å². The van der Waals surface area contributed by atoms with Crippen LogP contribution < -0.4 is 4.74 Å². The average molecular weight is 599 g/mol. The van der Waals surface area contributed by atoms with Crippen LogP contribution in [0.4, 0.5) is 17.6 Å². The normalized spacial score (nSPS) is 16.6. The lowest BCUT2D eigenvalue weighted by Gasteiger charge is -2.39. The number of fused-ring (bicyclic) bond motifs is 1. The van der Waals surface area contributed by atoms with E-state index in [9.17, 15) is 23.1 Å². The predicted molar refractivity (Wildman–Crippen MR) is 149 cm³/mol. The average Bonchev–Trinajstić information content (AvgIpc) is 2.94. The van der Waals surface area contributed by atoms with Gasteiger partial charge in [0.05, 0.1) is 28.6 Å². The Morgan fingerprint density at radius 1 is 1.23 bits per heavy atom. The van der Waals surface area contributed by atoms with Crippen LogP contribution in [-0.4, -0.2) is 53.5 Å². The van der Waals surface area contributed by atoms with Gasteiger partial charge in [0, 0.05) is 22.0 Å². The smallest absolute Gasteiger partial charge is 0.417 e. The molecule has 0 bridgehead atoms. The molecule has 5 nitrogen and oxygen atoms in total. The van der Waals surface area contributed by atoms with E-state index >= 15 is 4.39 Å². The standard InChI is InChI=1S/C29H31ClF4N2O3S/c1-39-19-7-8-24-20(17-19)26(22(30)18-35-24)23(31)9-10-28(27(37)38)11-14-36(15-12-28)13-4-16-40-25-6-3-2-5-21(25)29(32,33)34/h2-3,5-8,17-18,23H,4,9-16H2,1H3,(H,37,38). The van der Waals surface area contributed by atoms with Gasteiger partial charge in [0.25, 0.3) is 0 Å². The molecule has 0 amide bonds. The fraction of sp³-hybridized carbons (Fsp3) is 0.448. The summed E-state index contributed by atoms with van der Waals surface area (Å²) in [4.78, 5) is 18.9. The van der Waals surface area contributed by atoms with Crippen molar-refractivity contribution in [3.05, 3.63) is 64.8 Å². The Bertz CT molecular complexity index is 1330. The third kappa shape index (κ3) is 7.01. The third-order valence-corrected chi connectivity index (χ3v) is 9.05. The van der Waals surface area contributed by atoms with Crippen molar-refractivity contribution in [2.24, 2.45) is 5.41 Å². The zero-order valence-corrected chi connectivity index (χ0v) is 23.6. The van der Waals surface area contributed by atoms with Gasteiger partial charge >= 0.3 is 12.1 Å². The topological polar surface area (TPSA) is 62.7 Å². The summed E-state index contributed by atoms with van der Waals surface area (Å²) in [6.07, 6.45) is -2.89. The highest BCUT2D eigenvalue weighted by Crippen LogP contribution is 2.42. The number of benzene rings is 2. The molecular formula is C29H31ClF4N2O3S. The highest BCUT2D eigenvalue weighted by atomic mass is 35.5. The predicted octanol–water partition coefficient (Wildman–Crippen LogP) is 8.06. The highest BCUT2D eigenvalue weighted by Gasteiger charge is 2.42. The van der Waals surface area contributed by atoms with E-state index in [1.807, 2.05) is 0 Å². The number of thioether (sulfide) groups is 1. The molecular weight excluding hydrogens is 568 g/mol. The number of likely N-dealkylation sites (tertiary alicyclic amines) is 1. The summed E-state index contributed by atoms with van der Waals surface area (Å²) >= 11 is 7.51. The number of rotatable bonds is 11. The minimum atomic E-state index is -4.39. The molecule has 1 aliphatic heterocycles. The zero-order valence-electron chi connectivity index (χ0n) is 22.0. The van der Waals surface area contributed by atoms with E-state index in [1.54, 1.807) is 24.3 Å². The Hall–Kier alpha value is -2.56. The maximum Gasteiger partial charge on any atom is 0.417 e. The van der Waals surface area contributed by atoms with Gasteiger partial charge in [-0.3, -0.25) is 9.78 Å². The fourth-order valence-corrected chi connectivity index (χ4v) is 6.51. The van der Waals surface area contributed by atoms with E-state index in [0.29, 0.717) is 61.3 Å². The van der Waals surface area contributed by atoms with Gasteiger partial charge in [-0.05, 0) is 87.8 Å². The van der Waals surface area contributed by atoms with E-state index in [4.69, 9.17) is 16.3 Å². The quantitative estimate of drug-likeness (QED) is 0.137. The first-order chi connectivity index (χ1) is 19.0. The molecule has 40 heavy (non-hydrogen) atoms. The molecule has 2 heterocycles. The molecule has 2 aromatic carbocycles. The number of methoxy groups -OCH3 is 1. The molecule has 216 valence electrons. The second-order valence-electron chi connectivity index (χ2n) is 10.0. The molecule has 0 spiro atoms. The van der Waals surface area contributed by atoms with Crippen molar-refractivity contribution in [2.75, 3.05) is 32.5 Å². The zero-order chi connectivity index (χ0) is 28.9. The number of carboxylic acid groups (broad SMARTS) is 1. The number of hydrogen-bond acceptors (Lipinski definition) is 5. The monoisotopic (exact) mass is 598 g/mol. The van der Waals surface area contributed by atoms with Crippen LogP contribution in [-0.2, 0) is 11.0 Å². The lowest BCUT2D eigenvalue weighted by molar-refractivity contribution is -0.153. The van der Waals surface area contributed by atoms with Crippen molar-refractivity contribution in [2.45, 2.75) is 49.3 Å². The van der Waals surface area contributed by atoms with Crippen molar-refractivity contribution in [3.8, 4) is 5.75 Å². The SMILES string of the molecule is COc1ccc2ncc(Cl)c(C(F)CCC3(C(=O)O)CCN(CCCSc4ccccc4C(F)(F)F)CC3)c2c1. The molecule has 1 N–H and O–H groups in total. The van der Waals surface area contributed by atoms with Gasteiger partial charge in [-0.1, -0.05) is 23.7 Å². The van der Waals surface area contributed by atoms with Crippen molar-refractivity contribution >= 4 is 40.2 Å². The summed E-state index contributed by atoms with van der Waals surface area (Å²) in [5.74, 6) is 0.121. The summed E-state index contributed by atoms with van der Waals surface area (Å²) in [5.41, 5.74) is -0.818. The summed E-state index contributed by atoms with van der Waals surface area (Å²) in [7, 11) is 1.51. The first-order valence-electron chi connectivity index (χ1n) is 13.0. The van der Waals surface area contributed by atoms with E-state index in [1.165, 1.54) is 37.2 Å². The summed E-state index contributed by atoms with van der Waals surface area (Å²) < 4.78 is 60.5. The second kappa shape index (κ2) is 13.0. The third-order valence-electron chi connectivity index (χ3n) is 7.59. The largest absolute Gasteiger partial charge is 0.497 e. The summed E-state index contributed by atoms with van der Waals surface area (Å²) in [6, 6.07) is 10.7. The number of halogens is 5. The fourth-order valence-electron chi connectivity index (χ4n) is 5.23. The van der Waals surface area contributed by atoms with Gasteiger partial charge in [-0.15, -0.1) is 11.8 Å². The molecule has 0 saturated carbocycles. The number of piperidine rings is 1. The number of aliphatic carboxylic acids is 1. The highest BCUT2D eigenvalue weighted by molar-refractivity contribution is 7.99. The number of aromatic nitrogens is 1. The summed E-state index contributed by atoms with van der Waals surface area (Å²) in [5, 5.41) is 10.8. The van der Waals surface area contributed by atoms with Gasteiger partial charge in [-0.2, -0.15) is 13.2 Å². The van der Waals surface area contributed by atoms with Crippen molar-refractivity contribution in [1.29, 1.82) is 0 Å². The molecule has 1 atom stereocenters. The van der Waals surface area contributed by atoms with Crippen molar-refractivity contribution < 1.29 is 32.2 Å². The Kier molecular flexibility index (Phi) is 9.85. The van der Waals surface area contributed by atoms with E-state index in [-0.39, 0.29) is 28.3 Å². The van der Waals surface area contributed by atoms with Crippen LogP contribution in [0.3, 0.4) is 0 Å². The molecule has 0 radical (unpaired) electrons. The lowest BCUT2D eigenvalue weighted by Crippen LogP contribution is -2.44. The van der Waals surface area contributed by atoms with E-state index < -0.39 is 29.3 Å². The van der Waals surface area contributed by atoms with Crippen LogP contribution in [0.15, 0.2) is 53.6 Å². The van der Waals surface area contributed by atoms with Crippen molar-refractivity contribution in [3.63, 3.8) is 0 Å². The van der Waals surface area contributed by atoms with Crippen LogP contribution in [0.1, 0.15) is 49.4 Å². The van der Waals surface area contributed by atoms with Crippen LogP contribution in [0.25, 0.3) is 10.9 Å². The van der Waals surface area contributed by atoms with Gasteiger partial charge in [0.2, 0.25) is 0 Å². The van der Waals surface area contributed by atoms with Crippen LogP contribution in [0.2, 0.25) is 5.02 Å². The van der Waals surface area contributed by atoms with Gasteiger partial charge in [0.15, 0.2) is 0 Å². The second-order valence-corrected chi connectivity index (χ2v) is 11.6. The molecule has 0 aliphatic carbocycles. The Morgan fingerprint density at radius 3 is 2.62 bits per heavy atom. The number of pyridine rings is 1. The number of hydrogen-bond donors (Lipinski definition) is 1. The molecule has 4 rings (SSSR count). The van der Waals surface area contributed by atoms with E-state index in [2.05, 4.69) is 9.88 Å². The maximum absolute atomic E-state index is 15.6. The number of ether oxygens (including phenoxy) is 1. The summed E-state index contributed by atoms with van der Waals surface area (Å²) in [6.45, 7) is 1.72. The molecule has 1 aliphatic rings. The van der Waals surface area contributed by atoms with Crippen LogP contribution in [0, 0.1) is 5.41 Å². The van der Waals surface area contributed by atoms with Crippen LogP contribution >= 0.6 is 23.4 Å². The number of nitrogens with zero attached hydrogens (tertiary/aromatic N) is 2. The molecule has 11 heteroatoms. The first kappa shape index (κ1) is 30.4. The molecule has 1 fully saturated rings. The van der Waals surface area contributed by atoms with Crippen LogP contribution in [0.5, 0.6) is 5.75 Å². The first-order valence-corrected chi connectivity index (χ1v) is 14.4. The minimum absolute atomic E-state index is 0.00238. The van der Waals surface area contributed by atoms with Gasteiger partial charge in [-0.25, -0.2) is 4.39 Å². The van der Waals surface area contributed by atoms with Crippen molar-refractivity contribution in [1.82, 2.24) is 9.88 Å². The van der Waals surface area contributed by atoms with Gasteiger partial charge in [0.1, 0.15) is 11.9 Å². The maximum atomic E-state index is 15.6. The Morgan fingerprint density at radius 2 is 1.95 bits per heavy atom. The molecule has 1 aromatic heterocycles. The van der Waals surface area contributed by atoms with Gasteiger partial charge < -0.3 is 14.7 Å². The number of carbonyl (C=O) groups is 1. The number of alkyl halides is 4. The lowest BCUT2D eigenvalue weighted by atomic mass is 9.74. The molecule has 1 saturated heterocycles.